The molecule has 78 valence electrons. The molecule has 2 heteroatoms. The SMILES string of the molecule is COc1cccc(C#Cc2ccccc2)n1. The van der Waals surface area contributed by atoms with E-state index in [9.17, 15) is 0 Å². The van der Waals surface area contributed by atoms with Gasteiger partial charge in [0.05, 0.1) is 7.11 Å². The lowest BCUT2D eigenvalue weighted by Gasteiger charge is -1.96. The Morgan fingerprint density at radius 3 is 2.50 bits per heavy atom. The van der Waals surface area contributed by atoms with Crippen LogP contribution in [0.3, 0.4) is 0 Å². The second-order valence-corrected chi connectivity index (χ2v) is 3.18. The third kappa shape index (κ3) is 2.61. The van der Waals surface area contributed by atoms with Crippen LogP contribution >= 0.6 is 0 Å². The van der Waals surface area contributed by atoms with Crippen molar-refractivity contribution >= 4 is 0 Å². The average Bonchev–Trinajstić information content (AvgIpc) is 2.38. The fourth-order valence-electron chi connectivity index (χ4n) is 1.26. The van der Waals surface area contributed by atoms with Crippen molar-refractivity contribution in [2.45, 2.75) is 0 Å². The summed E-state index contributed by atoms with van der Waals surface area (Å²) in [5, 5.41) is 0. The van der Waals surface area contributed by atoms with Gasteiger partial charge < -0.3 is 4.74 Å². The number of benzene rings is 1. The van der Waals surface area contributed by atoms with Gasteiger partial charge in [0, 0.05) is 11.6 Å². The fraction of sp³-hybridized carbons (Fsp3) is 0.0714. The Hall–Kier alpha value is -2.27. The summed E-state index contributed by atoms with van der Waals surface area (Å²) in [6, 6.07) is 15.4. The lowest BCUT2D eigenvalue weighted by Crippen LogP contribution is -1.89. The smallest absolute Gasteiger partial charge is 0.214 e. The van der Waals surface area contributed by atoms with Gasteiger partial charge in [0.1, 0.15) is 5.69 Å². The van der Waals surface area contributed by atoms with Crippen LogP contribution in [0.1, 0.15) is 11.3 Å². The molecule has 0 aliphatic rings. The topological polar surface area (TPSA) is 22.1 Å². The predicted molar refractivity (Wildman–Crippen MR) is 63.2 cm³/mol. The van der Waals surface area contributed by atoms with E-state index in [1.165, 1.54) is 0 Å². The van der Waals surface area contributed by atoms with Crippen molar-refractivity contribution in [1.82, 2.24) is 4.98 Å². The molecule has 0 aliphatic carbocycles. The van der Waals surface area contributed by atoms with Gasteiger partial charge in [-0.2, -0.15) is 0 Å². The van der Waals surface area contributed by atoms with Crippen molar-refractivity contribution in [2.24, 2.45) is 0 Å². The summed E-state index contributed by atoms with van der Waals surface area (Å²) in [7, 11) is 1.59. The molecule has 0 unspecified atom stereocenters. The predicted octanol–water partition coefficient (Wildman–Crippen LogP) is 2.49. The molecule has 0 amide bonds. The van der Waals surface area contributed by atoms with Crippen molar-refractivity contribution in [3.8, 4) is 17.7 Å². The number of pyridine rings is 1. The summed E-state index contributed by atoms with van der Waals surface area (Å²) in [5.74, 6) is 6.62. The first-order chi connectivity index (χ1) is 7.88. The van der Waals surface area contributed by atoms with Crippen molar-refractivity contribution in [1.29, 1.82) is 0 Å². The monoisotopic (exact) mass is 209 g/mol. The highest BCUT2D eigenvalue weighted by Gasteiger charge is 1.92. The molecule has 0 N–H and O–H groups in total. The highest BCUT2D eigenvalue weighted by molar-refractivity contribution is 5.40. The van der Waals surface area contributed by atoms with Crippen LogP contribution in [0, 0.1) is 11.8 Å². The van der Waals surface area contributed by atoms with Gasteiger partial charge in [0.2, 0.25) is 5.88 Å². The standard InChI is InChI=1S/C14H11NO/c1-16-14-9-5-8-13(15-14)11-10-12-6-3-2-4-7-12/h2-9H,1H3. The highest BCUT2D eigenvalue weighted by Crippen LogP contribution is 2.05. The van der Waals surface area contributed by atoms with Crippen molar-refractivity contribution in [3.05, 3.63) is 59.8 Å². The van der Waals surface area contributed by atoms with Crippen LogP contribution in [0.4, 0.5) is 0 Å². The quantitative estimate of drug-likeness (QED) is 0.673. The molecular formula is C14H11NO. The number of ether oxygens (including phenoxy) is 1. The lowest BCUT2D eigenvalue weighted by molar-refractivity contribution is 0.397. The summed E-state index contributed by atoms with van der Waals surface area (Å²) in [6.45, 7) is 0. The maximum absolute atomic E-state index is 5.03. The maximum atomic E-state index is 5.03. The minimum Gasteiger partial charge on any atom is -0.481 e. The molecular weight excluding hydrogens is 198 g/mol. The first-order valence-corrected chi connectivity index (χ1v) is 4.96. The Bertz CT molecular complexity index is 523. The number of hydrogen-bond acceptors (Lipinski definition) is 2. The molecule has 0 bridgehead atoms. The summed E-state index contributed by atoms with van der Waals surface area (Å²) in [6.07, 6.45) is 0. The van der Waals surface area contributed by atoms with E-state index in [-0.39, 0.29) is 0 Å². The normalized spacial score (nSPS) is 9.06. The molecule has 0 fully saturated rings. The van der Waals surface area contributed by atoms with E-state index in [4.69, 9.17) is 4.74 Å². The second-order valence-electron chi connectivity index (χ2n) is 3.18. The lowest BCUT2D eigenvalue weighted by atomic mass is 10.2. The van der Waals surface area contributed by atoms with Gasteiger partial charge in [0.15, 0.2) is 0 Å². The van der Waals surface area contributed by atoms with E-state index in [1.54, 1.807) is 13.2 Å². The Morgan fingerprint density at radius 2 is 1.75 bits per heavy atom. The fourth-order valence-corrected chi connectivity index (χ4v) is 1.26. The molecule has 0 aliphatic heterocycles. The highest BCUT2D eigenvalue weighted by atomic mass is 16.5. The van der Waals surface area contributed by atoms with Crippen LogP contribution in [0.25, 0.3) is 0 Å². The van der Waals surface area contributed by atoms with Gasteiger partial charge in [-0.15, -0.1) is 0 Å². The van der Waals surface area contributed by atoms with Crippen LogP contribution in [0.2, 0.25) is 0 Å². The Kier molecular flexibility index (Phi) is 3.20. The molecule has 0 atom stereocenters. The molecule has 1 aromatic carbocycles. The first kappa shape index (κ1) is 10.3. The van der Waals surface area contributed by atoms with E-state index < -0.39 is 0 Å². The molecule has 0 saturated heterocycles. The van der Waals surface area contributed by atoms with Crippen LogP contribution in [-0.2, 0) is 0 Å². The summed E-state index contributed by atoms with van der Waals surface area (Å²) < 4.78 is 5.03. The number of rotatable bonds is 1. The molecule has 1 aromatic heterocycles. The molecule has 1 heterocycles. The van der Waals surface area contributed by atoms with Crippen LogP contribution in [0.15, 0.2) is 48.5 Å². The zero-order valence-electron chi connectivity index (χ0n) is 8.97. The van der Waals surface area contributed by atoms with Crippen LogP contribution in [-0.4, -0.2) is 12.1 Å². The van der Waals surface area contributed by atoms with Crippen molar-refractivity contribution in [3.63, 3.8) is 0 Å². The zero-order chi connectivity index (χ0) is 11.2. The second kappa shape index (κ2) is 4.99. The number of methoxy groups -OCH3 is 1. The van der Waals surface area contributed by atoms with Crippen molar-refractivity contribution < 1.29 is 4.74 Å². The largest absolute Gasteiger partial charge is 0.481 e. The minimum atomic E-state index is 0.583. The molecule has 16 heavy (non-hydrogen) atoms. The van der Waals surface area contributed by atoms with E-state index in [0.29, 0.717) is 11.6 Å². The number of nitrogens with zero attached hydrogens (tertiary/aromatic N) is 1. The molecule has 2 nitrogen and oxygen atoms in total. The summed E-state index contributed by atoms with van der Waals surface area (Å²) in [5.41, 5.74) is 1.69. The Labute approximate surface area is 94.9 Å². The minimum absolute atomic E-state index is 0.583. The van der Waals surface area contributed by atoms with Crippen LogP contribution in [0.5, 0.6) is 5.88 Å². The Morgan fingerprint density at radius 1 is 0.938 bits per heavy atom. The van der Waals surface area contributed by atoms with Crippen LogP contribution < -0.4 is 4.74 Å². The van der Waals surface area contributed by atoms with E-state index >= 15 is 0 Å². The van der Waals surface area contributed by atoms with Gasteiger partial charge >= 0.3 is 0 Å². The molecule has 0 saturated carbocycles. The Balaban J connectivity index is 2.24. The van der Waals surface area contributed by atoms with E-state index in [0.717, 1.165) is 5.56 Å². The summed E-state index contributed by atoms with van der Waals surface area (Å²) >= 11 is 0. The molecule has 2 rings (SSSR count). The summed E-state index contributed by atoms with van der Waals surface area (Å²) in [4.78, 5) is 4.21. The van der Waals surface area contributed by atoms with Crippen molar-refractivity contribution in [2.75, 3.05) is 7.11 Å². The first-order valence-electron chi connectivity index (χ1n) is 4.96. The average molecular weight is 209 g/mol. The van der Waals surface area contributed by atoms with E-state index in [2.05, 4.69) is 16.8 Å². The van der Waals surface area contributed by atoms with Gasteiger partial charge in [-0.25, -0.2) is 4.98 Å². The van der Waals surface area contributed by atoms with Gasteiger partial charge in [-0.3, -0.25) is 0 Å². The third-order valence-electron chi connectivity index (χ3n) is 2.04. The molecule has 0 radical (unpaired) electrons. The van der Waals surface area contributed by atoms with Gasteiger partial charge in [0.25, 0.3) is 0 Å². The van der Waals surface area contributed by atoms with Gasteiger partial charge in [-0.1, -0.05) is 30.2 Å². The zero-order valence-corrected chi connectivity index (χ0v) is 8.97. The van der Waals surface area contributed by atoms with Gasteiger partial charge in [-0.05, 0) is 24.1 Å². The maximum Gasteiger partial charge on any atom is 0.214 e. The number of hydrogen-bond donors (Lipinski definition) is 0. The van der Waals surface area contributed by atoms with E-state index in [1.807, 2.05) is 42.5 Å². The molecule has 0 spiro atoms. The number of aromatic nitrogens is 1. The molecule has 2 aromatic rings. The third-order valence-corrected chi connectivity index (χ3v) is 2.04.